The van der Waals surface area contributed by atoms with Crippen molar-refractivity contribution in [1.29, 1.82) is 0 Å². The fourth-order valence-corrected chi connectivity index (χ4v) is 3.31. The van der Waals surface area contributed by atoms with E-state index in [0.29, 0.717) is 13.0 Å². The topological polar surface area (TPSA) is 64.7 Å². The summed E-state index contributed by atoms with van der Waals surface area (Å²) in [5, 5.41) is 5.74. The van der Waals surface area contributed by atoms with Gasteiger partial charge in [0.2, 0.25) is 5.91 Å². The van der Waals surface area contributed by atoms with Gasteiger partial charge in [0.05, 0.1) is 12.1 Å². The van der Waals surface area contributed by atoms with Crippen LogP contribution in [0.5, 0.6) is 0 Å². The molecule has 27 heavy (non-hydrogen) atoms. The highest BCUT2D eigenvalue weighted by Gasteiger charge is 2.33. The second-order valence-corrected chi connectivity index (χ2v) is 7.07. The summed E-state index contributed by atoms with van der Waals surface area (Å²) < 4.78 is 0. The maximum atomic E-state index is 12.4. The molecule has 0 radical (unpaired) electrons. The van der Waals surface area contributed by atoms with E-state index in [0.717, 1.165) is 16.9 Å². The lowest BCUT2D eigenvalue weighted by Crippen LogP contribution is -2.40. The number of carbonyl (C=O) groups is 2. The molecule has 0 saturated carbocycles. The van der Waals surface area contributed by atoms with Crippen molar-refractivity contribution in [1.82, 2.24) is 10.2 Å². The van der Waals surface area contributed by atoms with Crippen molar-refractivity contribution in [2.45, 2.75) is 25.4 Å². The van der Waals surface area contributed by atoms with Crippen LogP contribution in [0, 0.1) is 0 Å². The second-order valence-electron chi connectivity index (χ2n) is 7.07. The van der Waals surface area contributed by atoms with Gasteiger partial charge in [0.15, 0.2) is 0 Å². The van der Waals surface area contributed by atoms with Gasteiger partial charge >= 0.3 is 6.03 Å². The summed E-state index contributed by atoms with van der Waals surface area (Å²) in [5.74, 6) is 0.0620. The maximum Gasteiger partial charge on any atom is 0.319 e. The van der Waals surface area contributed by atoms with Crippen LogP contribution < -0.4 is 15.5 Å². The molecule has 1 fully saturated rings. The zero-order chi connectivity index (χ0) is 19.4. The van der Waals surface area contributed by atoms with Crippen molar-refractivity contribution >= 4 is 23.3 Å². The predicted molar refractivity (Wildman–Crippen MR) is 108 cm³/mol. The monoisotopic (exact) mass is 366 g/mol. The number of hydrogen-bond donors (Lipinski definition) is 2. The molecule has 3 rings (SSSR count). The Hall–Kier alpha value is -3.02. The van der Waals surface area contributed by atoms with Crippen molar-refractivity contribution < 1.29 is 9.59 Å². The van der Waals surface area contributed by atoms with Gasteiger partial charge in [-0.2, -0.15) is 0 Å². The SMILES string of the molecule is CC(c1ccccc1)N1CC(NC(=O)Nc2ccc(N(C)C)cc2)CC1=O. The summed E-state index contributed by atoms with van der Waals surface area (Å²) in [6.45, 7) is 2.53. The van der Waals surface area contributed by atoms with Gasteiger partial charge in [0, 0.05) is 38.4 Å². The largest absolute Gasteiger partial charge is 0.378 e. The van der Waals surface area contributed by atoms with Crippen molar-refractivity contribution in [2.24, 2.45) is 0 Å². The first-order valence-corrected chi connectivity index (χ1v) is 9.13. The molecule has 6 heteroatoms. The molecule has 2 aromatic carbocycles. The highest BCUT2D eigenvalue weighted by Crippen LogP contribution is 2.25. The standard InChI is InChI=1S/C21H26N4O2/c1-15(16-7-5-4-6-8-16)25-14-18(13-20(25)26)23-21(27)22-17-9-11-19(12-10-17)24(2)3/h4-12,15,18H,13-14H2,1-3H3,(H2,22,23,27). The number of carbonyl (C=O) groups excluding carboxylic acids is 2. The third kappa shape index (κ3) is 4.58. The maximum absolute atomic E-state index is 12.4. The fourth-order valence-electron chi connectivity index (χ4n) is 3.31. The zero-order valence-corrected chi connectivity index (χ0v) is 16.0. The van der Waals surface area contributed by atoms with Crippen LogP contribution in [0.1, 0.15) is 24.9 Å². The Kier molecular flexibility index (Phi) is 5.64. The molecule has 2 aromatic rings. The number of rotatable bonds is 5. The molecule has 2 atom stereocenters. The highest BCUT2D eigenvalue weighted by atomic mass is 16.2. The number of nitrogens with zero attached hydrogens (tertiary/aromatic N) is 2. The van der Waals surface area contributed by atoms with Crippen LogP contribution in [0.4, 0.5) is 16.2 Å². The normalized spacial score (nSPS) is 17.5. The lowest BCUT2D eigenvalue weighted by Gasteiger charge is -2.25. The quantitative estimate of drug-likeness (QED) is 0.854. The molecule has 1 aliphatic rings. The molecule has 0 spiro atoms. The van der Waals surface area contributed by atoms with Crippen LogP contribution in [0.2, 0.25) is 0 Å². The minimum Gasteiger partial charge on any atom is -0.378 e. The van der Waals surface area contributed by atoms with E-state index in [-0.39, 0.29) is 24.0 Å². The smallest absolute Gasteiger partial charge is 0.319 e. The van der Waals surface area contributed by atoms with Gasteiger partial charge in [-0.15, -0.1) is 0 Å². The van der Waals surface area contributed by atoms with Gasteiger partial charge < -0.3 is 20.4 Å². The molecule has 3 amide bonds. The van der Waals surface area contributed by atoms with E-state index in [9.17, 15) is 9.59 Å². The lowest BCUT2D eigenvalue weighted by molar-refractivity contribution is -0.129. The van der Waals surface area contributed by atoms with Crippen molar-refractivity contribution in [3.8, 4) is 0 Å². The van der Waals surface area contributed by atoms with E-state index in [4.69, 9.17) is 0 Å². The molecule has 142 valence electrons. The first-order chi connectivity index (χ1) is 12.9. The van der Waals surface area contributed by atoms with E-state index in [1.165, 1.54) is 0 Å². The van der Waals surface area contributed by atoms with Gasteiger partial charge in [-0.05, 0) is 36.8 Å². The van der Waals surface area contributed by atoms with Gasteiger partial charge in [0.25, 0.3) is 0 Å². The van der Waals surface area contributed by atoms with Crippen molar-refractivity contribution in [3.05, 3.63) is 60.2 Å². The molecule has 2 unspecified atom stereocenters. The molecular formula is C21H26N4O2. The summed E-state index contributed by atoms with van der Waals surface area (Å²) >= 11 is 0. The minimum atomic E-state index is -0.292. The Morgan fingerprint density at radius 3 is 2.41 bits per heavy atom. The Morgan fingerprint density at radius 2 is 1.78 bits per heavy atom. The minimum absolute atomic E-state index is 0.00728. The van der Waals surface area contributed by atoms with Crippen LogP contribution >= 0.6 is 0 Å². The third-order valence-corrected chi connectivity index (χ3v) is 4.88. The molecule has 1 heterocycles. The average molecular weight is 366 g/mol. The van der Waals surface area contributed by atoms with Gasteiger partial charge in [-0.3, -0.25) is 4.79 Å². The Labute approximate surface area is 160 Å². The first kappa shape index (κ1) is 18.8. The molecule has 1 aliphatic heterocycles. The zero-order valence-electron chi connectivity index (χ0n) is 16.0. The molecule has 0 bridgehead atoms. The fraction of sp³-hybridized carbons (Fsp3) is 0.333. The third-order valence-electron chi connectivity index (χ3n) is 4.88. The molecule has 0 aromatic heterocycles. The van der Waals surface area contributed by atoms with Crippen LogP contribution in [-0.2, 0) is 4.79 Å². The molecule has 0 aliphatic carbocycles. The van der Waals surface area contributed by atoms with E-state index in [1.807, 2.05) is 85.4 Å². The number of amides is 3. The second kappa shape index (κ2) is 8.12. The summed E-state index contributed by atoms with van der Waals surface area (Å²) in [5.41, 5.74) is 2.88. The number of nitrogens with one attached hydrogen (secondary N) is 2. The number of likely N-dealkylation sites (tertiary alicyclic amines) is 1. The van der Waals surface area contributed by atoms with Crippen LogP contribution in [0.15, 0.2) is 54.6 Å². The molecule has 1 saturated heterocycles. The van der Waals surface area contributed by atoms with E-state index in [1.54, 1.807) is 0 Å². The highest BCUT2D eigenvalue weighted by molar-refractivity contribution is 5.90. The number of anilines is 2. The van der Waals surface area contributed by atoms with Crippen molar-refractivity contribution in [2.75, 3.05) is 30.9 Å². The van der Waals surface area contributed by atoms with Crippen LogP contribution in [-0.4, -0.2) is 43.5 Å². The number of hydrogen-bond acceptors (Lipinski definition) is 3. The predicted octanol–water partition coefficient (Wildman–Crippen LogP) is 3.24. The Bertz CT molecular complexity index is 790. The van der Waals surface area contributed by atoms with E-state index < -0.39 is 0 Å². The number of urea groups is 1. The number of benzene rings is 2. The molecule has 2 N–H and O–H groups in total. The lowest BCUT2D eigenvalue weighted by atomic mass is 10.1. The van der Waals surface area contributed by atoms with Crippen LogP contribution in [0.25, 0.3) is 0 Å². The molecular weight excluding hydrogens is 340 g/mol. The Balaban J connectivity index is 1.55. The molecule has 6 nitrogen and oxygen atoms in total. The Morgan fingerprint density at radius 1 is 1.11 bits per heavy atom. The summed E-state index contributed by atoms with van der Waals surface area (Å²) in [4.78, 5) is 28.5. The van der Waals surface area contributed by atoms with Crippen LogP contribution in [0.3, 0.4) is 0 Å². The first-order valence-electron chi connectivity index (χ1n) is 9.13. The van der Waals surface area contributed by atoms with E-state index in [2.05, 4.69) is 10.6 Å². The van der Waals surface area contributed by atoms with Gasteiger partial charge in [-0.1, -0.05) is 30.3 Å². The van der Waals surface area contributed by atoms with Gasteiger partial charge in [0.1, 0.15) is 0 Å². The summed E-state index contributed by atoms with van der Waals surface area (Å²) in [6, 6.07) is 17.0. The van der Waals surface area contributed by atoms with Crippen molar-refractivity contribution in [3.63, 3.8) is 0 Å². The van der Waals surface area contributed by atoms with E-state index >= 15 is 0 Å². The van der Waals surface area contributed by atoms with Gasteiger partial charge in [-0.25, -0.2) is 4.79 Å². The summed E-state index contributed by atoms with van der Waals surface area (Å²) in [7, 11) is 3.93. The average Bonchev–Trinajstić information content (AvgIpc) is 3.02. The summed E-state index contributed by atoms with van der Waals surface area (Å²) in [6.07, 6.45) is 0.324.